The number of morpholine rings is 1. The second-order valence-corrected chi connectivity index (χ2v) is 5.09. The third-order valence-electron chi connectivity index (χ3n) is 2.98. The molecule has 2 amide bonds. The second-order valence-electron chi connectivity index (χ2n) is 5.09. The van der Waals surface area contributed by atoms with Crippen molar-refractivity contribution in [3.8, 4) is 0 Å². The van der Waals surface area contributed by atoms with Gasteiger partial charge in [-0.25, -0.2) is 0 Å². The lowest BCUT2D eigenvalue weighted by Gasteiger charge is -2.29. The number of hydrogen-bond donors (Lipinski definition) is 2. The molecular weight excluding hydrogens is 246 g/mol. The van der Waals surface area contributed by atoms with E-state index in [1.54, 1.807) is 11.8 Å². The van der Waals surface area contributed by atoms with Gasteiger partial charge in [0.2, 0.25) is 11.8 Å². The highest BCUT2D eigenvalue weighted by Gasteiger charge is 2.23. The number of ether oxygens (including phenoxy) is 1. The third kappa shape index (κ3) is 6.02. The average molecular weight is 271 g/mol. The summed E-state index contributed by atoms with van der Waals surface area (Å²) in [5.41, 5.74) is 0. The van der Waals surface area contributed by atoms with Crippen molar-refractivity contribution in [1.82, 2.24) is 15.5 Å². The summed E-state index contributed by atoms with van der Waals surface area (Å²) in [6.45, 7) is 8.77. The predicted octanol–water partition coefficient (Wildman–Crippen LogP) is -0.262. The van der Waals surface area contributed by atoms with E-state index < -0.39 is 6.04 Å². The Morgan fingerprint density at radius 2 is 1.84 bits per heavy atom. The van der Waals surface area contributed by atoms with Crippen LogP contribution in [0.15, 0.2) is 0 Å². The molecule has 0 saturated carbocycles. The molecule has 0 bridgehead atoms. The lowest BCUT2D eigenvalue weighted by Crippen LogP contribution is -2.50. The molecule has 0 aromatic heterocycles. The number of carbonyl (C=O) groups excluding carboxylic acids is 2. The molecule has 1 heterocycles. The SMILES string of the molecule is CC(C)NCCC(=O)NC(C)C(=O)N1CCOCC1. The Bertz CT molecular complexity index is 302. The maximum atomic E-state index is 12.1. The van der Waals surface area contributed by atoms with Gasteiger partial charge in [-0.2, -0.15) is 0 Å². The number of hydrogen-bond acceptors (Lipinski definition) is 4. The van der Waals surface area contributed by atoms with Crippen LogP contribution >= 0.6 is 0 Å². The van der Waals surface area contributed by atoms with E-state index in [4.69, 9.17) is 4.74 Å². The minimum atomic E-state index is -0.468. The van der Waals surface area contributed by atoms with Crippen molar-refractivity contribution in [2.75, 3.05) is 32.8 Å². The summed E-state index contributed by atoms with van der Waals surface area (Å²) in [6, 6.07) is -0.107. The molecule has 1 aliphatic heterocycles. The average Bonchev–Trinajstić information content (AvgIpc) is 2.38. The van der Waals surface area contributed by atoms with Crippen LogP contribution in [0.5, 0.6) is 0 Å². The van der Waals surface area contributed by atoms with Crippen molar-refractivity contribution in [1.29, 1.82) is 0 Å². The van der Waals surface area contributed by atoms with Gasteiger partial charge in [-0.1, -0.05) is 13.8 Å². The van der Waals surface area contributed by atoms with Crippen LogP contribution in [-0.4, -0.2) is 61.6 Å². The number of nitrogens with one attached hydrogen (secondary N) is 2. The Hall–Kier alpha value is -1.14. The molecule has 0 aliphatic carbocycles. The van der Waals surface area contributed by atoms with E-state index >= 15 is 0 Å². The molecule has 1 rings (SSSR count). The van der Waals surface area contributed by atoms with Gasteiger partial charge < -0.3 is 20.3 Å². The number of amides is 2. The summed E-state index contributed by atoms with van der Waals surface area (Å²) in [4.78, 5) is 25.5. The van der Waals surface area contributed by atoms with Gasteiger partial charge in [-0.05, 0) is 6.92 Å². The fraction of sp³-hybridized carbons (Fsp3) is 0.846. The summed E-state index contributed by atoms with van der Waals surface area (Å²) in [5, 5.41) is 5.91. The summed E-state index contributed by atoms with van der Waals surface area (Å²) in [5.74, 6) is -0.129. The highest BCUT2D eigenvalue weighted by Crippen LogP contribution is 2.00. The Labute approximate surface area is 114 Å². The van der Waals surface area contributed by atoms with Crippen LogP contribution in [0.3, 0.4) is 0 Å². The third-order valence-corrected chi connectivity index (χ3v) is 2.98. The highest BCUT2D eigenvalue weighted by molar-refractivity contribution is 5.87. The monoisotopic (exact) mass is 271 g/mol. The Morgan fingerprint density at radius 3 is 2.42 bits per heavy atom. The fourth-order valence-corrected chi connectivity index (χ4v) is 1.91. The smallest absolute Gasteiger partial charge is 0.245 e. The van der Waals surface area contributed by atoms with E-state index in [2.05, 4.69) is 10.6 Å². The van der Waals surface area contributed by atoms with Crippen molar-refractivity contribution in [3.05, 3.63) is 0 Å². The zero-order chi connectivity index (χ0) is 14.3. The van der Waals surface area contributed by atoms with Gasteiger partial charge >= 0.3 is 0 Å². The maximum absolute atomic E-state index is 12.1. The van der Waals surface area contributed by atoms with Gasteiger partial charge in [0, 0.05) is 32.1 Å². The quantitative estimate of drug-likeness (QED) is 0.698. The van der Waals surface area contributed by atoms with Crippen molar-refractivity contribution in [2.24, 2.45) is 0 Å². The van der Waals surface area contributed by atoms with Gasteiger partial charge in [-0.3, -0.25) is 9.59 Å². The molecule has 2 N–H and O–H groups in total. The second kappa shape index (κ2) is 8.12. The van der Waals surface area contributed by atoms with Crippen molar-refractivity contribution in [3.63, 3.8) is 0 Å². The van der Waals surface area contributed by atoms with Crippen LogP contribution in [0.25, 0.3) is 0 Å². The lowest BCUT2D eigenvalue weighted by molar-refractivity contribution is -0.139. The van der Waals surface area contributed by atoms with Crippen LogP contribution in [0, 0.1) is 0 Å². The predicted molar refractivity (Wildman–Crippen MR) is 72.8 cm³/mol. The summed E-state index contributed by atoms with van der Waals surface area (Å²) in [7, 11) is 0. The number of nitrogens with zero attached hydrogens (tertiary/aromatic N) is 1. The van der Waals surface area contributed by atoms with E-state index in [0.29, 0.717) is 45.3 Å². The molecule has 1 saturated heterocycles. The molecule has 0 aromatic carbocycles. The molecule has 1 aliphatic rings. The molecule has 1 atom stereocenters. The zero-order valence-corrected chi connectivity index (χ0v) is 12.1. The lowest BCUT2D eigenvalue weighted by atomic mass is 10.2. The first kappa shape index (κ1) is 15.9. The van der Waals surface area contributed by atoms with Crippen LogP contribution in [-0.2, 0) is 14.3 Å². The Kier molecular flexibility index (Phi) is 6.80. The maximum Gasteiger partial charge on any atom is 0.245 e. The molecular formula is C13H25N3O3. The van der Waals surface area contributed by atoms with E-state index in [0.717, 1.165) is 0 Å². The Balaban J connectivity index is 2.26. The molecule has 110 valence electrons. The molecule has 1 unspecified atom stereocenters. The molecule has 19 heavy (non-hydrogen) atoms. The fourth-order valence-electron chi connectivity index (χ4n) is 1.91. The Morgan fingerprint density at radius 1 is 1.21 bits per heavy atom. The largest absolute Gasteiger partial charge is 0.378 e. The summed E-state index contributed by atoms with van der Waals surface area (Å²) >= 11 is 0. The van der Waals surface area contributed by atoms with Crippen LogP contribution in [0.1, 0.15) is 27.2 Å². The molecule has 0 spiro atoms. The van der Waals surface area contributed by atoms with Crippen molar-refractivity contribution < 1.29 is 14.3 Å². The van der Waals surface area contributed by atoms with Gasteiger partial charge in [0.05, 0.1) is 13.2 Å². The molecule has 6 nitrogen and oxygen atoms in total. The standard InChI is InChI=1S/C13H25N3O3/c1-10(2)14-5-4-12(17)15-11(3)13(18)16-6-8-19-9-7-16/h10-11,14H,4-9H2,1-3H3,(H,15,17). The first-order valence-electron chi connectivity index (χ1n) is 6.90. The molecule has 0 aromatic rings. The van der Waals surface area contributed by atoms with Crippen molar-refractivity contribution in [2.45, 2.75) is 39.3 Å². The van der Waals surface area contributed by atoms with E-state index in [-0.39, 0.29) is 11.8 Å². The van der Waals surface area contributed by atoms with E-state index in [9.17, 15) is 9.59 Å². The summed E-state index contributed by atoms with van der Waals surface area (Å²) < 4.78 is 5.20. The first-order valence-corrected chi connectivity index (χ1v) is 6.90. The van der Waals surface area contributed by atoms with Gasteiger partial charge in [0.15, 0.2) is 0 Å². The van der Waals surface area contributed by atoms with Crippen LogP contribution in [0.4, 0.5) is 0 Å². The highest BCUT2D eigenvalue weighted by atomic mass is 16.5. The van der Waals surface area contributed by atoms with E-state index in [1.807, 2.05) is 13.8 Å². The van der Waals surface area contributed by atoms with Crippen molar-refractivity contribution >= 4 is 11.8 Å². The topological polar surface area (TPSA) is 70.7 Å². The number of rotatable bonds is 6. The van der Waals surface area contributed by atoms with Gasteiger partial charge in [-0.15, -0.1) is 0 Å². The molecule has 6 heteroatoms. The normalized spacial score (nSPS) is 17.4. The molecule has 0 radical (unpaired) electrons. The minimum Gasteiger partial charge on any atom is -0.378 e. The molecule has 1 fully saturated rings. The van der Waals surface area contributed by atoms with E-state index in [1.165, 1.54) is 0 Å². The van der Waals surface area contributed by atoms with Gasteiger partial charge in [0.25, 0.3) is 0 Å². The zero-order valence-electron chi connectivity index (χ0n) is 12.1. The summed E-state index contributed by atoms with van der Waals surface area (Å²) in [6.07, 6.45) is 0.388. The minimum absolute atomic E-state index is 0.0338. The first-order chi connectivity index (χ1) is 9.00. The van der Waals surface area contributed by atoms with Gasteiger partial charge in [0.1, 0.15) is 6.04 Å². The van der Waals surface area contributed by atoms with Crippen LogP contribution < -0.4 is 10.6 Å². The number of carbonyl (C=O) groups is 2. The van der Waals surface area contributed by atoms with Crippen LogP contribution in [0.2, 0.25) is 0 Å².